The van der Waals surface area contributed by atoms with Crippen LogP contribution >= 0.6 is 0 Å². The molecule has 1 aliphatic rings. The van der Waals surface area contributed by atoms with Crippen LogP contribution in [0.15, 0.2) is 22.6 Å². The summed E-state index contributed by atoms with van der Waals surface area (Å²) in [5.74, 6) is -1.36. The number of aromatic nitrogens is 1. The third kappa shape index (κ3) is 1.86. The third-order valence-electron chi connectivity index (χ3n) is 3.40. The number of nitro benzene ring substituents is 1. The fraction of sp³-hybridized carbons (Fsp3) is 0.267. The largest absolute Gasteiger partial charge is 0.439 e. The molecule has 2 aromatic rings. The van der Waals surface area contributed by atoms with Crippen LogP contribution in [0.5, 0.6) is 0 Å². The summed E-state index contributed by atoms with van der Waals surface area (Å²) in [7, 11) is 0. The molecule has 0 saturated carbocycles. The number of carbonyl (C=O) groups excluding carboxylic acids is 2. The molecule has 0 N–H and O–H groups in total. The van der Waals surface area contributed by atoms with E-state index in [4.69, 9.17) is 4.42 Å². The Labute approximate surface area is 125 Å². The topological polar surface area (TPSA) is 103 Å². The second-order valence-electron chi connectivity index (χ2n) is 6.06. The van der Waals surface area contributed by atoms with Gasteiger partial charge in [-0.05, 0) is 6.07 Å². The van der Waals surface area contributed by atoms with Gasteiger partial charge in [0.15, 0.2) is 11.5 Å². The lowest BCUT2D eigenvalue weighted by Crippen LogP contribution is -2.22. The van der Waals surface area contributed by atoms with Crippen molar-refractivity contribution in [1.82, 2.24) is 4.98 Å². The second-order valence-corrected chi connectivity index (χ2v) is 6.06. The molecule has 0 amide bonds. The van der Waals surface area contributed by atoms with Gasteiger partial charge in [0.05, 0.1) is 4.92 Å². The minimum Gasteiger partial charge on any atom is -0.439 e. The summed E-state index contributed by atoms with van der Waals surface area (Å²) in [5, 5.41) is 11.2. The molecule has 0 bridgehead atoms. The van der Waals surface area contributed by atoms with Gasteiger partial charge in [-0.15, -0.1) is 0 Å². The molecule has 7 nitrogen and oxygen atoms in total. The molecule has 1 heterocycles. The number of fused-ring (bicyclic) bond motifs is 3. The Hall–Kier alpha value is -2.83. The zero-order valence-electron chi connectivity index (χ0n) is 12.2. The Bertz CT molecular complexity index is 842. The molecule has 0 saturated heterocycles. The maximum Gasteiger partial charge on any atom is 0.281 e. The maximum absolute atomic E-state index is 12.2. The summed E-state index contributed by atoms with van der Waals surface area (Å²) in [6, 6.07) is 4.02. The van der Waals surface area contributed by atoms with E-state index in [-0.39, 0.29) is 34.2 Å². The van der Waals surface area contributed by atoms with E-state index in [1.807, 2.05) is 20.8 Å². The first kappa shape index (κ1) is 14.1. The Balaban J connectivity index is 2.38. The van der Waals surface area contributed by atoms with Crippen LogP contribution in [0.1, 0.15) is 47.5 Å². The van der Waals surface area contributed by atoms with Gasteiger partial charge < -0.3 is 4.42 Å². The van der Waals surface area contributed by atoms with E-state index in [1.54, 1.807) is 0 Å². The van der Waals surface area contributed by atoms with Gasteiger partial charge in [-0.25, -0.2) is 4.98 Å². The molecule has 22 heavy (non-hydrogen) atoms. The summed E-state index contributed by atoms with van der Waals surface area (Å²) in [6.45, 7) is 5.49. The number of nitrogens with zero attached hydrogens (tertiary/aromatic N) is 2. The first-order chi connectivity index (χ1) is 10.2. The van der Waals surface area contributed by atoms with Crippen molar-refractivity contribution in [2.75, 3.05) is 0 Å². The molecule has 7 heteroatoms. The van der Waals surface area contributed by atoms with Crippen molar-refractivity contribution >= 4 is 17.3 Å². The highest BCUT2D eigenvalue weighted by molar-refractivity contribution is 6.52. The predicted octanol–water partition coefficient (Wildman–Crippen LogP) is 2.93. The molecule has 0 radical (unpaired) electrons. The van der Waals surface area contributed by atoms with Crippen molar-refractivity contribution < 1.29 is 18.9 Å². The van der Waals surface area contributed by atoms with E-state index >= 15 is 0 Å². The molecule has 0 atom stereocenters. The number of rotatable bonds is 1. The van der Waals surface area contributed by atoms with E-state index in [0.717, 1.165) is 0 Å². The summed E-state index contributed by atoms with van der Waals surface area (Å²) in [4.78, 5) is 39.0. The highest BCUT2D eigenvalue weighted by Gasteiger charge is 2.40. The standard InChI is InChI=1S/C15H12N2O5/c1-15(2,3)14-16-10-12(19)11(18)7-5-4-6-8(17(20)21)9(7)13(10)22-14/h4-6H,1-3H3. The maximum atomic E-state index is 12.2. The Morgan fingerprint density at radius 1 is 1.18 bits per heavy atom. The lowest BCUT2D eigenvalue weighted by Gasteiger charge is -2.12. The number of Topliss-reactive ketones (excluding diaryl/α,β-unsaturated/α-hetero) is 2. The second kappa shape index (κ2) is 4.33. The highest BCUT2D eigenvalue weighted by atomic mass is 16.6. The van der Waals surface area contributed by atoms with E-state index in [9.17, 15) is 19.7 Å². The molecule has 1 aliphatic carbocycles. The van der Waals surface area contributed by atoms with Crippen LogP contribution in [-0.2, 0) is 5.41 Å². The third-order valence-corrected chi connectivity index (χ3v) is 3.40. The van der Waals surface area contributed by atoms with Gasteiger partial charge in [0.1, 0.15) is 5.56 Å². The summed E-state index contributed by atoms with van der Waals surface area (Å²) in [6.07, 6.45) is 0. The van der Waals surface area contributed by atoms with Gasteiger partial charge in [-0.3, -0.25) is 19.7 Å². The van der Waals surface area contributed by atoms with Gasteiger partial charge in [-0.2, -0.15) is 0 Å². The lowest BCUT2D eigenvalue weighted by molar-refractivity contribution is -0.384. The van der Waals surface area contributed by atoms with Crippen LogP contribution in [0.4, 0.5) is 5.69 Å². The smallest absolute Gasteiger partial charge is 0.281 e. The van der Waals surface area contributed by atoms with Gasteiger partial charge in [0.2, 0.25) is 11.7 Å². The number of oxazole rings is 1. The van der Waals surface area contributed by atoms with Crippen molar-refractivity contribution in [2.24, 2.45) is 0 Å². The molecule has 1 aromatic heterocycles. The van der Waals surface area contributed by atoms with Crippen LogP contribution < -0.4 is 0 Å². The van der Waals surface area contributed by atoms with Crippen LogP contribution in [-0.4, -0.2) is 21.5 Å². The molecule has 0 spiro atoms. The normalized spacial score (nSPS) is 13.8. The van der Waals surface area contributed by atoms with Gasteiger partial charge in [0.25, 0.3) is 11.5 Å². The van der Waals surface area contributed by atoms with Crippen molar-refractivity contribution in [3.05, 3.63) is 45.5 Å². The van der Waals surface area contributed by atoms with Gasteiger partial charge >= 0.3 is 0 Å². The van der Waals surface area contributed by atoms with E-state index in [1.165, 1.54) is 18.2 Å². The Morgan fingerprint density at radius 3 is 2.45 bits per heavy atom. The average molecular weight is 300 g/mol. The predicted molar refractivity (Wildman–Crippen MR) is 76.0 cm³/mol. The number of hydrogen-bond acceptors (Lipinski definition) is 6. The monoisotopic (exact) mass is 300 g/mol. The molecule has 0 fully saturated rings. The minimum absolute atomic E-state index is 0.00294. The summed E-state index contributed by atoms with van der Waals surface area (Å²) < 4.78 is 5.62. The first-order valence-corrected chi connectivity index (χ1v) is 6.60. The zero-order chi connectivity index (χ0) is 16.2. The number of benzene rings is 1. The van der Waals surface area contributed by atoms with Gasteiger partial charge in [0, 0.05) is 17.0 Å². The van der Waals surface area contributed by atoms with Crippen molar-refractivity contribution in [3.63, 3.8) is 0 Å². The van der Waals surface area contributed by atoms with Crippen LogP contribution in [0.3, 0.4) is 0 Å². The number of ketones is 2. The molecular weight excluding hydrogens is 288 g/mol. The van der Waals surface area contributed by atoms with Crippen LogP contribution in [0.2, 0.25) is 0 Å². The van der Waals surface area contributed by atoms with E-state index < -0.39 is 21.9 Å². The minimum atomic E-state index is -0.806. The van der Waals surface area contributed by atoms with Gasteiger partial charge in [-0.1, -0.05) is 26.8 Å². The van der Waals surface area contributed by atoms with Crippen LogP contribution in [0, 0.1) is 10.1 Å². The van der Waals surface area contributed by atoms with Crippen molar-refractivity contribution in [2.45, 2.75) is 26.2 Å². The van der Waals surface area contributed by atoms with E-state index in [2.05, 4.69) is 4.98 Å². The lowest BCUT2D eigenvalue weighted by atomic mass is 9.90. The van der Waals surface area contributed by atoms with Crippen LogP contribution in [0.25, 0.3) is 11.3 Å². The summed E-state index contributed by atoms with van der Waals surface area (Å²) in [5.41, 5.74) is -0.934. The molecule has 0 unspecified atom stereocenters. The van der Waals surface area contributed by atoms with E-state index in [0.29, 0.717) is 0 Å². The average Bonchev–Trinajstić information content (AvgIpc) is 2.89. The molecular formula is C15H12N2O5. The summed E-state index contributed by atoms with van der Waals surface area (Å²) >= 11 is 0. The zero-order valence-corrected chi connectivity index (χ0v) is 12.2. The SMILES string of the molecule is CC(C)(C)c1nc2c(o1)-c1c(cccc1[N+](=O)[O-])C(=O)C2=O. The highest BCUT2D eigenvalue weighted by Crippen LogP contribution is 2.41. The fourth-order valence-corrected chi connectivity index (χ4v) is 2.31. The number of carbonyl (C=O) groups is 2. The number of nitro groups is 1. The fourth-order valence-electron chi connectivity index (χ4n) is 2.31. The number of hydrogen-bond donors (Lipinski definition) is 0. The van der Waals surface area contributed by atoms with Crippen molar-refractivity contribution in [1.29, 1.82) is 0 Å². The first-order valence-electron chi connectivity index (χ1n) is 6.60. The Morgan fingerprint density at radius 2 is 1.86 bits per heavy atom. The molecule has 3 rings (SSSR count). The molecule has 1 aromatic carbocycles. The molecule has 112 valence electrons. The van der Waals surface area contributed by atoms with Crippen molar-refractivity contribution in [3.8, 4) is 11.3 Å². The quantitative estimate of drug-likeness (QED) is 0.455. The molecule has 0 aliphatic heterocycles. The Kier molecular flexibility index (Phi) is 2.78.